The number of carbonyl (C=O) groups excluding carboxylic acids is 1. The first-order valence-corrected chi connectivity index (χ1v) is 9.02. The second kappa shape index (κ2) is 6.51. The van der Waals surface area contributed by atoms with Crippen LogP contribution in [0.2, 0.25) is 0 Å². The Bertz CT molecular complexity index is 1210. The number of pyridine rings is 1. The molecule has 0 unspecified atom stereocenters. The van der Waals surface area contributed by atoms with Crippen molar-refractivity contribution in [3.8, 4) is 11.3 Å². The Labute approximate surface area is 158 Å². The highest BCUT2D eigenvalue weighted by atomic mass is 16.5. The summed E-state index contributed by atoms with van der Waals surface area (Å²) in [5.41, 5.74) is 6.39. The Morgan fingerprint density at radius 2 is 1.63 bits per heavy atom. The van der Waals surface area contributed by atoms with Gasteiger partial charge in [0.25, 0.3) is 0 Å². The van der Waals surface area contributed by atoms with Crippen molar-refractivity contribution in [1.82, 2.24) is 0 Å². The van der Waals surface area contributed by atoms with Crippen molar-refractivity contribution in [2.75, 3.05) is 7.11 Å². The first-order chi connectivity index (χ1) is 13.0. The Hall–Kier alpha value is -3.20. The van der Waals surface area contributed by atoms with Crippen LogP contribution in [0, 0.1) is 13.8 Å². The van der Waals surface area contributed by atoms with Crippen molar-refractivity contribution in [3.63, 3.8) is 0 Å². The number of hydrogen-bond donors (Lipinski definition) is 0. The van der Waals surface area contributed by atoms with E-state index in [1.807, 2.05) is 18.2 Å². The highest BCUT2D eigenvalue weighted by Crippen LogP contribution is 2.34. The fourth-order valence-electron chi connectivity index (χ4n) is 3.93. The summed E-state index contributed by atoms with van der Waals surface area (Å²) in [4.78, 5) is 12.1. The minimum Gasteiger partial charge on any atom is -0.465 e. The number of benzene rings is 3. The number of fused-ring (bicyclic) bond motifs is 3. The van der Waals surface area contributed by atoms with Gasteiger partial charge in [-0.15, -0.1) is 0 Å². The third-order valence-electron chi connectivity index (χ3n) is 5.32. The molecule has 134 valence electrons. The zero-order chi connectivity index (χ0) is 19.1. The van der Waals surface area contributed by atoms with Gasteiger partial charge in [0, 0.05) is 17.0 Å². The quantitative estimate of drug-likeness (QED) is 0.291. The van der Waals surface area contributed by atoms with Crippen molar-refractivity contribution in [2.24, 2.45) is 7.05 Å². The number of aryl methyl sites for hydroxylation is 3. The summed E-state index contributed by atoms with van der Waals surface area (Å²) < 4.78 is 7.11. The van der Waals surface area contributed by atoms with Crippen molar-refractivity contribution in [1.29, 1.82) is 0 Å². The molecule has 0 saturated heterocycles. The maximum absolute atomic E-state index is 12.1. The van der Waals surface area contributed by atoms with Crippen LogP contribution >= 0.6 is 0 Å². The molecule has 3 heteroatoms. The lowest BCUT2D eigenvalue weighted by molar-refractivity contribution is -0.632. The molecule has 0 bridgehead atoms. The zero-order valence-corrected chi connectivity index (χ0v) is 16.0. The number of nitrogens with zero attached hydrogens (tertiary/aromatic N) is 1. The molecule has 0 aliphatic rings. The van der Waals surface area contributed by atoms with Crippen LogP contribution in [-0.4, -0.2) is 13.1 Å². The van der Waals surface area contributed by atoms with Gasteiger partial charge in [-0.2, -0.15) is 4.57 Å². The van der Waals surface area contributed by atoms with Gasteiger partial charge in [0.1, 0.15) is 7.05 Å². The fourth-order valence-corrected chi connectivity index (χ4v) is 3.93. The number of ether oxygens (including phenoxy) is 1. The molecule has 0 amide bonds. The average Bonchev–Trinajstić information content (AvgIpc) is 2.69. The van der Waals surface area contributed by atoms with E-state index in [9.17, 15) is 4.79 Å². The van der Waals surface area contributed by atoms with Crippen molar-refractivity contribution in [2.45, 2.75) is 13.8 Å². The molecule has 3 nitrogen and oxygen atoms in total. The van der Waals surface area contributed by atoms with E-state index in [0.29, 0.717) is 5.56 Å². The predicted octanol–water partition coefficient (Wildman–Crippen LogP) is 4.89. The average molecular weight is 356 g/mol. The zero-order valence-electron chi connectivity index (χ0n) is 16.0. The Morgan fingerprint density at radius 3 is 2.37 bits per heavy atom. The van der Waals surface area contributed by atoms with Crippen LogP contribution in [0.1, 0.15) is 21.5 Å². The van der Waals surface area contributed by atoms with E-state index in [4.69, 9.17) is 4.74 Å². The van der Waals surface area contributed by atoms with Crippen molar-refractivity contribution in [3.05, 3.63) is 77.4 Å². The number of aromatic nitrogens is 1. The van der Waals surface area contributed by atoms with Gasteiger partial charge in [0.15, 0.2) is 0 Å². The van der Waals surface area contributed by atoms with Crippen LogP contribution < -0.4 is 4.57 Å². The van der Waals surface area contributed by atoms with E-state index in [0.717, 1.165) is 16.6 Å². The number of hydrogen-bond acceptors (Lipinski definition) is 2. The normalized spacial score (nSPS) is 11.1. The predicted molar refractivity (Wildman–Crippen MR) is 109 cm³/mol. The Kier molecular flexibility index (Phi) is 4.15. The smallest absolute Gasteiger partial charge is 0.338 e. The van der Waals surface area contributed by atoms with E-state index in [-0.39, 0.29) is 5.97 Å². The van der Waals surface area contributed by atoms with Crippen LogP contribution in [0.3, 0.4) is 0 Å². The molecule has 0 fully saturated rings. The Morgan fingerprint density at radius 1 is 0.889 bits per heavy atom. The number of methoxy groups -OCH3 is 1. The molecule has 1 heterocycles. The molecule has 1 aromatic heterocycles. The van der Waals surface area contributed by atoms with Gasteiger partial charge < -0.3 is 4.74 Å². The van der Waals surface area contributed by atoms with Crippen LogP contribution in [0.25, 0.3) is 32.9 Å². The second-order valence-electron chi connectivity index (χ2n) is 6.94. The number of carbonyl (C=O) groups is 1. The summed E-state index contributed by atoms with van der Waals surface area (Å²) in [5, 5.41) is 3.56. The van der Waals surface area contributed by atoms with Gasteiger partial charge >= 0.3 is 5.97 Å². The lowest BCUT2D eigenvalue weighted by atomic mass is 9.94. The van der Waals surface area contributed by atoms with Crippen molar-refractivity contribution < 1.29 is 14.1 Å². The van der Waals surface area contributed by atoms with E-state index < -0.39 is 0 Å². The number of rotatable bonds is 2. The Balaban J connectivity index is 2.22. The minimum atomic E-state index is -0.321. The standard InChI is InChI=1S/C24H22NO2/c1-15-8-5-6-10-18(15)23-22-16(2)9-7-11-20(22)19-13-12-17(24(26)27-4)14-21(19)25(23)3/h5-14H,1-4H3/q+1. The van der Waals surface area contributed by atoms with Crippen LogP contribution in [0.5, 0.6) is 0 Å². The van der Waals surface area contributed by atoms with Gasteiger partial charge in [-0.1, -0.05) is 36.4 Å². The van der Waals surface area contributed by atoms with Crippen molar-refractivity contribution >= 4 is 27.6 Å². The summed E-state index contributed by atoms with van der Waals surface area (Å²) >= 11 is 0. The minimum absolute atomic E-state index is 0.321. The van der Waals surface area contributed by atoms with Gasteiger partial charge in [-0.3, -0.25) is 0 Å². The van der Waals surface area contributed by atoms with Crippen LogP contribution in [-0.2, 0) is 11.8 Å². The number of esters is 1. The molecule has 4 aromatic rings. The molecule has 3 aromatic carbocycles. The van der Waals surface area contributed by atoms with Gasteiger partial charge in [-0.05, 0) is 43.2 Å². The van der Waals surface area contributed by atoms with E-state index in [2.05, 4.69) is 67.9 Å². The third-order valence-corrected chi connectivity index (χ3v) is 5.32. The van der Waals surface area contributed by atoms with Gasteiger partial charge in [0.2, 0.25) is 11.2 Å². The van der Waals surface area contributed by atoms with E-state index in [1.165, 1.54) is 34.6 Å². The third kappa shape index (κ3) is 2.67. The second-order valence-corrected chi connectivity index (χ2v) is 6.94. The summed E-state index contributed by atoms with van der Waals surface area (Å²) in [7, 11) is 3.48. The largest absolute Gasteiger partial charge is 0.465 e. The lowest BCUT2D eigenvalue weighted by Crippen LogP contribution is -2.33. The topological polar surface area (TPSA) is 30.2 Å². The maximum Gasteiger partial charge on any atom is 0.338 e. The maximum atomic E-state index is 12.1. The molecular weight excluding hydrogens is 334 g/mol. The first-order valence-electron chi connectivity index (χ1n) is 9.02. The monoisotopic (exact) mass is 356 g/mol. The summed E-state index contributed by atoms with van der Waals surface area (Å²) in [6.45, 7) is 4.28. The molecule has 0 saturated carbocycles. The summed E-state index contributed by atoms with van der Waals surface area (Å²) in [5.74, 6) is -0.321. The molecule has 4 rings (SSSR count). The van der Waals surface area contributed by atoms with Crippen LogP contribution in [0.15, 0.2) is 60.7 Å². The van der Waals surface area contributed by atoms with Crippen LogP contribution in [0.4, 0.5) is 0 Å². The molecule has 0 atom stereocenters. The van der Waals surface area contributed by atoms with Gasteiger partial charge in [0.05, 0.1) is 23.4 Å². The van der Waals surface area contributed by atoms with E-state index >= 15 is 0 Å². The SMILES string of the molecule is COC(=O)c1ccc2c3cccc(C)c3c(-c3ccccc3C)[n+](C)c2c1. The molecule has 27 heavy (non-hydrogen) atoms. The lowest BCUT2D eigenvalue weighted by Gasteiger charge is -2.13. The molecule has 0 aliphatic carbocycles. The molecular formula is C24H22NO2+. The highest BCUT2D eigenvalue weighted by molar-refractivity contribution is 6.11. The molecule has 0 N–H and O–H groups in total. The summed E-state index contributed by atoms with van der Waals surface area (Å²) in [6, 6.07) is 20.6. The molecule has 0 aliphatic heterocycles. The first kappa shape index (κ1) is 17.2. The van der Waals surface area contributed by atoms with Gasteiger partial charge in [-0.25, -0.2) is 4.79 Å². The van der Waals surface area contributed by atoms with E-state index in [1.54, 1.807) is 0 Å². The molecule has 0 radical (unpaired) electrons. The highest BCUT2D eigenvalue weighted by Gasteiger charge is 2.23. The summed E-state index contributed by atoms with van der Waals surface area (Å²) in [6.07, 6.45) is 0. The fraction of sp³-hybridized carbons (Fsp3) is 0.167. The molecule has 0 spiro atoms.